The molecule has 0 bridgehead atoms. The second-order valence-electron chi connectivity index (χ2n) is 6.31. The average Bonchev–Trinajstić information content (AvgIpc) is 3.17. The van der Waals surface area contributed by atoms with Crippen molar-refractivity contribution in [1.29, 1.82) is 0 Å². The van der Waals surface area contributed by atoms with Crippen molar-refractivity contribution in [2.24, 2.45) is 0 Å². The first-order chi connectivity index (χ1) is 13.8. The summed E-state index contributed by atoms with van der Waals surface area (Å²) >= 11 is 0. The van der Waals surface area contributed by atoms with E-state index in [9.17, 15) is 4.79 Å². The van der Waals surface area contributed by atoms with Crippen LogP contribution in [0.5, 0.6) is 0 Å². The van der Waals surface area contributed by atoms with Crippen LogP contribution in [-0.4, -0.2) is 25.9 Å². The van der Waals surface area contributed by atoms with E-state index in [2.05, 4.69) is 20.6 Å². The lowest BCUT2D eigenvalue weighted by molar-refractivity contribution is -0.120. The summed E-state index contributed by atoms with van der Waals surface area (Å²) in [6, 6.07) is 23.4. The largest absolute Gasteiger partial charge is 0.352 e. The predicted molar refractivity (Wildman–Crippen MR) is 107 cm³/mol. The lowest BCUT2D eigenvalue weighted by Gasteiger charge is -2.09. The van der Waals surface area contributed by atoms with Gasteiger partial charge in [-0.3, -0.25) is 9.78 Å². The van der Waals surface area contributed by atoms with Crippen LogP contribution < -0.4 is 5.32 Å². The van der Waals surface area contributed by atoms with Crippen molar-refractivity contribution in [2.45, 2.75) is 13.0 Å². The van der Waals surface area contributed by atoms with Crippen molar-refractivity contribution >= 4 is 5.91 Å². The van der Waals surface area contributed by atoms with E-state index in [1.54, 1.807) is 17.1 Å². The van der Waals surface area contributed by atoms with Gasteiger partial charge in [0.2, 0.25) is 5.91 Å². The highest BCUT2D eigenvalue weighted by atomic mass is 16.1. The third kappa shape index (κ3) is 3.96. The van der Waals surface area contributed by atoms with Gasteiger partial charge in [-0.2, -0.15) is 0 Å². The number of nitrogens with zero attached hydrogens (tertiary/aromatic N) is 4. The minimum Gasteiger partial charge on any atom is -0.352 e. The lowest BCUT2D eigenvalue weighted by Crippen LogP contribution is -2.25. The molecule has 1 N–H and O–H groups in total. The number of pyridine rings is 1. The number of benzene rings is 2. The van der Waals surface area contributed by atoms with Crippen LogP contribution in [0.15, 0.2) is 85.2 Å². The number of amides is 1. The zero-order valence-corrected chi connectivity index (χ0v) is 15.2. The minimum atomic E-state index is -0.110. The van der Waals surface area contributed by atoms with Crippen LogP contribution in [-0.2, 0) is 17.8 Å². The molecule has 2 aromatic carbocycles. The number of carbonyl (C=O) groups is 1. The normalized spacial score (nSPS) is 10.6. The number of nitrogens with one attached hydrogen (secondary N) is 1. The number of hydrogen-bond acceptors (Lipinski definition) is 4. The van der Waals surface area contributed by atoms with E-state index >= 15 is 0 Å². The van der Waals surface area contributed by atoms with Gasteiger partial charge in [-0.05, 0) is 23.8 Å². The fourth-order valence-corrected chi connectivity index (χ4v) is 2.98. The minimum absolute atomic E-state index is 0.110. The Morgan fingerprint density at radius 1 is 0.929 bits per heavy atom. The van der Waals surface area contributed by atoms with Gasteiger partial charge in [0.1, 0.15) is 5.69 Å². The van der Waals surface area contributed by atoms with E-state index in [4.69, 9.17) is 0 Å². The van der Waals surface area contributed by atoms with Crippen LogP contribution in [0.1, 0.15) is 11.3 Å². The molecule has 0 radical (unpaired) electrons. The number of carbonyl (C=O) groups excluding carboxylic acids is 1. The second kappa shape index (κ2) is 8.26. The average molecular weight is 369 g/mol. The van der Waals surface area contributed by atoms with Crippen molar-refractivity contribution < 1.29 is 4.79 Å². The number of hydrogen-bond donors (Lipinski definition) is 1. The van der Waals surface area contributed by atoms with E-state index in [0.29, 0.717) is 12.2 Å². The van der Waals surface area contributed by atoms with Crippen LogP contribution in [0.25, 0.3) is 16.9 Å². The first kappa shape index (κ1) is 17.6. The van der Waals surface area contributed by atoms with Gasteiger partial charge in [-0.1, -0.05) is 59.8 Å². The molecule has 28 heavy (non-hydrogen) atoms. The molecule has 0 fully saturated rings. The summed E-state index contributed by atoms with van der Waals surface area (Å²) in [7, 11) is 0. The summed E-state index contributed by atoms with van der Waals surface area (Å²) in [4.78, 5) is 16.6. The molecule has 0 unspecified atom stereocenters. The molecular formula is C22H19N5O. The number of aromatic nitrogens is 4. The molecule has 0 saturated carbocycles. The van der Waals surface area contributed by atoms with Crippen molar-refractivity contribution in [1.82, 2.24) is 25.3 Å². The molecule has 2 heterocycles. The molecule has 6 nitrogen and oxygen atoms in total. The molecule has 0 atom stereocenters. The van der Waals surface area contributed by atoms with Gasteiger partial charge in [0, 0.05) is 24.5 Å². The van der Waals surface area contributed by atoms with Crippen molar-refractivity contribution in [2.75, 3.05) is 0 Å². The summed E-state index contributed by atoms with van der Waals surface area (Å²) in [5.41, 5.74) is 4.27. The molecular weight excluding hydrogens is 350 g/mol. The quantitative estimate of drug-likeness (QED) is 0.566. The smallest absolute Gasteiger partial charge is 0.226 e. The molecule has 2 aromatic heterocycles. The molecule has 138 valence electrons. The van der Waals surface area contributed by atoms with Crippen LogP contribution >= 0.6 is 0 Å². The molecule has 0 aliphatic carbocycles. The Labute approximate surface area is 162 Å². The molecule has 6 heteroatoms. The summed E-state index contributed by atoms with van der Waals surface area (Å²) in [6.07, 6.45) is 3.60. The van der Waals surface area contributed by atoms with Crippen LogP contribution in [0.2, 0.25) is 0 Å². The Morgan fingerprint density at radius 3 is 2.39 bits per heavy atom. The Morgan fingerprint density at radius 2 is 1.68 bits per heavy atom. The highest BCUT2D eigenvalue weighted by Crippen LogP contribution is 2.25. The standard InChI is InChI=1S/C22H19N5O/c28-21(24-16-17-8-7-13-23-15-17)14-20-22(18-9-3-1-4-10-18)27(26-25-20)19-11-5-2-6-12-19/h1-13,15H,14,16H2,(H,24,28). The molecule has 1 amide bonds. The number of para-hydroxylation sites is 1. The molecule has 0 saturated heterocycles. The second-order valence-corrected chi connectivity index (χ2v) is 6.31. The third-order valence-electron chi connectivity index (χ3n) is 4.33. The van der Waals surface area contributed by atoms with E-state index in [-0.39, 0.29) is 12.3 Å². The summed E-state index contributed by atoms with van der Waals surface area (Å²) in [6.45, 7) is 0.431. The Kier molecular flexibility index (Phi) is 5.20. The molecule has 0 aliphatic rings. The van der Waals surface area contributed by atoms with Gasteiger partial charge in [0.25, 0.3) is 0 Å². The Hall–Kier alpha value is -3.80. The summed E-state index contributed by atoms with van der Waals surface area (Å²) in [5.74, 6) is -0.110. The van der Waals surface area contributed by atoms with Crippen LogP contribution in [0.4, 0.5) is 0 Å². The SMILES string of the molecule is O=C(Cc1nnn(-c2ccccc2)c1-c1ccccc1)NCc1cccnc1. The van der Waals surface area contributed by atoms with E-state index in [1.807, 2.05) is 72.8 Å². The highest BCUT2D eigenvalue weighted by Gasteiger charge is 2.18. The van der Waals surface area contributed by atoms with Crippen molar-refractivity contribution in [3.8, 4) is 16.9 Å². The maximum Gasteiger partial charge on any atom is 0.226 e. The van der Waals surface area contributed by atoms with E-state index < -0.39 is 0 Å². The third-order valence-corrected chi connectivity index (χ3v) is 4.33. The predicted octanol–water partition coefficient (Wildman–Crippen LogP) is 3.19. The molecule has 0 aliphatic heterocycles. The van der Waals surface area contributed by atoms with Crippen LogP contribution in [0.3, 0.4) is 0 Å². The summed E-state index contributed by atoms with van der Waals surface area (Å²) < 4.78 is 1.78. The first-order valence-corrected chi connectivity index (χ1v) is 9.02. The Balaban J connectivity index is 1.60. The van der Waals surface area contributed by atoms with Gasteiger partial charge < -0.3 is 5.32 Å². The molecule has 4 rings (SSSR count). The van der Waals surface area contributed by atoms with Crippen molar-refractivity contribution in [3.05, 3.63) is 96.4 Å². The first-order valence-electron chi connectivity index (χ1n) is 9.02. The van der Waals surface area contributed by atoms with Gasteiger partial charge >= 0.3 is 0 Å². The Bertz CT molecular complexity index is 1050. The fourth-order valence-electron chi connectivity index (χ4n) is 2.98. The number of rotatable bonds is 6. The van der Waals surface area contributed by atoms with Crippen LogP contribution in [0, 0.1) is 0 Å². The van der Waals surface area contributed by atoms with Gasteiger partial charge in [-0.25, -0.2) is 4.68 Å². The summed E-state index contributed by atoms with van der Waals surface area (Å²) in [5, 5.41) is 11.5. The maximum atomic E-state index is 12.5. The van der Waals surface area contributed by atoms with Gasteiger partial charge in [0.15, 0.2) is 0 Å². The zero-order valence-electron chi connectivity index (χ0n) is 15.2. The van der Waals surface area contributed by atoms with Crippen molar-refractivity contribution in [3.63, 3.8) is 0 Å². The lowest BCUT2D eigenvalue weighted by atomic mass is 10.1. The van der Waals surface area contributed by atoms with E-state index in [1.165, 1.54) is 0 Å². The van der Waals surface area contributed by atoms with Gasteiger partial charge in [0.05, 0.1) is 17.8 Å². The van der Waals surface area contributed by atoms with E-state index in [0.717, 1.165) is 22.5 Å². The fraction of sp³-hybridized carbons (Fsp3) is 0.0909. The maximum absolute atomic E-state index is 12.5. The van der Waals surface area contributed by atoms with Gasteiger partial charge in [-0.15, -0.1) is 5.10 Å². The molecule has 0 spiro atoms. The zero-order chi connectivity index (χ0) is 19.2. The highest BCUT2D eigenvalue weighted by molar-refractivity contribution is 5.80. The topological polar surface area (TPSA) is 72.7 Å². The monoisotopic (exact) mass is 369 g/mol. The molecule has 4 aromatic rings.